The Bertz CT molecular complexity index is 420. The van der Waals surface area contributed by atoms with Crippen LogP contribution in [0.1, 0.15) is 32.6 Å². The quantitative estimate of drug-likeness (QED) is 0.836. The van der Waals surface area contributed by atoms with Gasteiger partial charge in [0.05, 0.1) is 6.54 Å². The molecule has 124 valence electrons. The molecule has 3 rings (SSSR count). The highest BCUT2D eigenvalue weighted by atomic mass is 16.2. The van der Waals surface area contributed by atoms with Gasteiger partial charge in [-0.05, 0) is 38.1 Å². The standard InChI is InChI=1S/C16H28N4O2/c1-13-4-8-19(9-5-13)15(21)12-18-7-2-3-14(11-18)20-10-6-17-16(20)22/h13-14H,2-12H2,1H3,(H,17,22)/t14-/m1/s1. The van der Waals surface area contributed by atoms with Crippen LogP contribution >= 0.6 is 0 Å². The van der Waals surface area contributed by atoms with Gasteiger partial charge in [0.25, 0.3) is 0 Å². The molecule has 6 nitrogen and oxygen atoms in total. The van der Waals surface area contributed by atoms with Crippen LogP contribution in [-0.2, 0) is 4.79 Å². The maximum absolute atomic E-state index is 12.5. The minimum atomic E-state index is 0.0585. The third kappa shape index (κ3) is 3.54. The summed E-state index contributed by atoms with van der Waals surface area (Å²) in [4.78, 5) is 30.5. The van der Waals surface area contributed by atoms with E-state index < -0.39 is 0 Å². The third-order valence-corrected chi connectivity index (χ3v) is 5.31. The lowest BCUT2D eigenvalue weighted by molar-refractivity contribution is -0.134. The molecule has 3 aliphatic heterocycles. The van der Waals surface area contributed by atoms with Crippen LogP contribution in [0, 0.1) is 5.92 Å². The smallest absolute Gasteiger partial charge is 0.317 e. The Morgan fingerprint density at radius 3 is 2.64 bits per heavy atom. The van der Waals surface area contributed by atoms with Gasteiger partial charge in [-0.3, -0.25) is 9.69 Å². The first kappa shape index (κ1) is 15.6. The van der Waals surface area contributed by atoms with Crippen molar-refractivity contribution in [3.05, 3.63) is 0 Å². The lowest BCUT2D eigenvalue weighted by Crippen LogP contribution is -2.52. The Kier molecular flexibility index (Phi) is 4.86. The molecular formula is C16H28N4O2. The van der Waals surface area contributed by atoms with Crippen LogP contribution < -0.4 is 5.32 Å². The summed E-state index contributed by atoms with van der Waals surface area (Å²) >= 11 is 0. The first-order valence-electron chi connectivity index (χ1n) is 8.68. The fourth-order valence-corrected chi connectivity index (χ4v) is 3.81. The highest BCUT2D eigenvalue weighted by Gasteiger charge is 2.32. The van der Waals surface area contributed by atoms with Gasteiger partial charge >= 0.3 is 6.03 Å². The number of hydrogen-bond acceptors (Lipinski definition) is 3. The van der Waals surface area contributed by atoms with Gasteiger partial charge in [-0.15, -0.1) is 0 Å². The molecule has 3 fully saturated rings. The predicted octanol–water partition coefficient (Wildman–Crippen LogP) is 0.735. The van der Waals surface area contributed by atoms with Gasteiger partial charge in [0.2, 0.25) is 5.91 Å². The number of nitrogens with one attached hydrogen (secondary N) is 1. The molecule has 6 heteroatoms. The molecule has 0 aliphatic carbocycles. The lowest BCUT2D eigenvalue weighted by Gasteiger charge is -2.38. The molecule has 0 aromatic heterocycles. The minimum absolute atomic E-state index is 0.0585. The number of rotatable bonds is 3. The van der Waals surface area contributed by atoms with E-state index in [2.05, 4.69) is 17.1 Å². The van der Waals surface area contributed by atoms with Crippen LogP contribution in [0.15, 0.2) is 0 Å². The normalized spacial score (nSPS) is 28.0. The van der Waals surface area contributed by atoms with Crippen molar-refractivity contribution in [2.45, 2.75) is 38.6 Å². The molecule has 0 aromatic rings. The maximum atomic E-state index is 12.5. The molecule has 0 spiro atoms. The SMILES string of the molecule is CC1CCN(C(=O)CN2CCC[C@@H](N3CCNC3=O)C2)CC1. The molecule has 3 saturated heterocycles. The number of hydrogen-bond donors (Lipinski definition) is 1. The van der Waals surface area contributed by atoms with Crippen molar-refractivity contribution in [2.75, 3.05) is 45.8 Å². The average Bonchev–Trinajstić information content (AvgIpc) is 2.94. The number of amides is 3. The van der Waals surface area contributed by atoms with Gasteiger partial charge in [-0.25, -0.2) is 4.79 Å². The fraction of sp³-hybridized carbons (Fsp3) is 0.875. The number of carbonyl (C=O) groups is 2. The Morgan fingerprint density at radius 1 is 1.18 bits per heavy atom. The van der Waals surface area contributed by atoms with Crippen LogP contribution in [0.5, 0.6) is 0 Å². The Hall–Kier alpha value is -1.30. The average molecular weight is 308 g/mol. The predicted molar refractivity (Wildman–Crippen MR) is 84.5 cm³/mol. The first-order chi connectivity index (χ1) is 10.6. The van der Waals surface area contributed by atoms with Gasteiger partial charge in [-0.1, -0.05) is 6.92 Å². The van der Waals surface area contributed by atoms with E-state index >= 15 is 0 Å². The zero-order valence-corrected chi connectivity index (χ0v) is 13.6. The van der Waals surface area contributed by atoms with Crippen LogP contribution in [0.2, 0.25) is 0 Å². The van der Waals surface area contributed by atoms with Gasteiger partial charge in [0, 0.05) is 38.8 Å². The summed E-state index contributed by atoms with van der Waals surface area (Å²) < 4.78 is 0. The number of nitrogens with zero attached hydrogens (tertiary/aromatic N) is 3. The lowest BCUT2D eigenvalue weighted by atomic mass is 9.99. The molecule has 3 amide bonds. The topological polar surface area (TPSA) is 55.9 Å². The van der Waals surface area contributed by atoms with Crippen LogP contribution in [0.3, 0.4) is 0 Å². The Morgan fingerprint density at radius 2 is 1.95 bits per heavy atom. The number of urea groups is 1. The van der Waals surface area contributed by atoms with Crippen molar-refractivity contribution >= 4 is 11.9 Å². The van der Waals surface area contributed by atoms with E-state index in [1.54, 1.807) is 0 Å². The molecule has 0 radical (unpaired) electrons. The van der Waals surface area contributed by atoms with E-state index in [0.717, 1.165) is 70.9 Å². The summed E-state index contributed by atoms with van der Waals surface area (Å²) in [6.07, 6.45) is 4.38. The molecule has 0 unspecified atom stereocenters. The van der Waals surface area contributed by atoms with Gasteiger partial charge < -0.3 is 15.1 Å². The Labute approximate surface area is 132 Å². The summed E-state index contributed by atoms with van der Waals surface area (Å²) in [5.74, 6) is 1.01. The van der Waals surface area contributed by atoms with E-state index in [9.17, 15) is 9.59 Å². The zero-order valence-electron chi connectivity index (χ0n) is 13.6. The number of carbonyl (C=O) groups excluding carboxylic acids is 2. The first-order valence-corrected chi connectivity index (χ1v) is 8.68. The van der Waals surface area contributed by atoms with Gasteiger partial charge in [0.1, 0.15) is 0 Å². The molecule has 3 heterocycles. The molecule has 0 aromatic carbocycles. The number of likely N-dealkylation sites (tertiary alicyclic amines) is 2. The summed E-state index contributed by atoms with van der Waals surface area (Å²) in [7, 11) is 0. The van der Waals surface area contributed by atoms with Gasteiger partial charge in [-0.2, -0.15) is 0 Å². The minimum Gasteiger partial charge on any atom is -0.342 e. The van der Waals surface area contributed by atoms with Crippen molar-refractivity contribution in [1.29, 1.82) is 0 Å². The van der Waals surface area contributed by atoms with E-state index in [-0.39, 0.29) is 18.0 Å². The van der Waals surface area contributed by atoms with E-state index in [1.165, 1.54) is 0 Å². The van der Waals surface area contributed by atoms with Crippen LogP contribution in [-0.4, -0.2) is 78.5 Å². The second kappa shape index (κ2) is 6.86. The molecule has 22 heavy (non-hydrogen) atoms. The van der Waals surface area contributed by atoms with Crippen molar-refractivity contribution in [3.63, 3.8) is 0 Å². The molecule has 1 atom stereocenters. The zero-order chi connectivity index (χ0) is 15.5. The second-order valence-corrected chi connectivity index (χ2v) is 7.02. The second-order valence-electron chi connectivity index (χ2n) is 7.02. The number of piperidine rings is 2. The highest BCUT2D eigenvalue weighted by molar-refractivity contribution is 5.78. The molecule has 1 N–H and O–H groups in total. The summed E-state index contributed by atoms with van der Waals surface area (Å²) in [6.45, 7) is 7.96. The monoisotopic (exact) mass is 308 g/mol. The fourth-order valence-electron chi connectivity index (χ4n) is 3.81. The largest absolute Gasteiger partial charge is 0.342 e. The highest BCUT2D eigenvalue weighted by Crippen LogP contribution is 2.19. The van der Waals surface area contributed by atoms with Crippen LogP contribution in [0.4, 0.5) is 4.79 Å². The van der Waals surface area contributed by atoms with Crippen LogP contribution in [0.25, 0.3) is 0 Å². The third-order valence-electron chi connectivity index (χ3n) is 5.31. The van der Waals surface area contributed by atoms with E-state index in [0.29, 0.717) is 6.54 Å². The van der Waals surface area contributed by atoms with Gasteiger partial charge in [0.15, 0.2) is 0 Å². The maximum Gasteiger partial charge on any atom is 0.317 e. The molecule has 0 bridgehead atoms. The van der Waals surface area contributed by atoms with E-state index in [4.69, 9.17) is 0 Å². The molecule has 0 saturated carbocycles. The van der Waals surface area contributed by atoms with Crippen molar-refractivity contribution in [3.8, 4) is 0 Å². The van der Waals surface area contributed by atoms with Crippen molar-refractivity contribution in [1.82, 2.24) is 20.0 Å². The van der Waals surface area contributed by atoms with E-state index in [1.807, 2.05) is 9.80 Å². The Balaban J connectivity index is 1.49. The summed E-state index contributed by atoms with van der Waals surface area (Å²) in [5.41, 5.74) is 0. The molecular weight excluding hydrogens is 280 g/mol. The summed E-state index contributed by atoms with van der Waals surface area (Å²) in [5, 5.41) is 2.87. The molecule has 3 aliphatic rings. The summed E-state index contributed by atoms with van der Waals surface area (Å²) in [6, 6.07) is 0.327. The van der Waals surface area contributed by atoms with Crippen molar-refractivity contribution < 1.29 is 9.59 Å². The van der Waals surface area contributed by atoms with Crippen molar-refractivity contribution in [2.24, 2.45) is 5.92 Å².